The number of amides is 2. The molecule has 0 saturated heterocycles. The third-order valence-corrected chi connectivity index (χ3v) is 3.78. The first-order chi connectivity index (χ1) is 10.9. The average Bonchev–Trinajstić information content (AvgIpc) is 2.86. The van der Waals surface area contributed by atoms with E-state index in [-0.39, 0.29) is 23.0 Å². The predicted octanol–water partition coefficient (Wildman–Crippen LogP) is 1.21. The molecule has 0 unspecified atom stereocenters. The fourth-order valence-electron chi connectivity index (χ4n) is 2.34. The molecule has 1 aromatic heterocycles. The van der Waals surface area contributed by atoms with Crippen LogP contribution in [0.2, 0.25) is 5.02 Å². The number of carbonyl (C=O) groups is 2. The Balaban J connectivity index is 2.21. The van der Waals surface area contributed by atoms with Crippen LogP contribution in [0, 0.1) is 5.82 Å². The molecule has 23 heavy (non-hydrogen) atoms. The van der Waals surface area contributed by atoms with E-state index in [1.165, 1.54) is 28.9 Å². The van der Waals surface area contributed by atoms with E-state index in [9.17, 15) is 14.0 Å². The Labute approximate surface area is 134 Å². The Morgan fingerprint density at radius 2 is 2.26 bits per heavy atom. The minimum absolute atomic E-state index is 0.0131. The third-order valence-electron chi connectivity index (χ3n) is 3.42. The Bertz CT molecular complexity index is 822. The molecule has 1 aromatic carbocycles. The Morgan fingerprint density at radius 1 is 1.52 bits per heavy atom. The fourth-order valence-corrected chi connectivity index (χ4v) is 2.58. The molecule has 3 N–H and O–H groups in total. The minimum Gasteiger partial charge on any atom is -0.388 e. The lowest BCUT2D eigenvalue weighted by molar-refractivity contribution is 0.0787. The minimum atomic E-state index is -0.901. The van der Waals surface area contributed by atoms with E-state index in [1.807, 2.05) is 5.43 Å². The monoisotopic (exact) mass is 339 g/mol. The molecule has 1 aliphatic heterocycles. The molecule has 8 nitrogen and oxygen atoms in total. The summed E-state index contributed by atoms with van der Waals surface area (Å²) in [4.78, 5) is 29.1. The molecule has 2 aromatic rings. The quantitative estimate of drug-likeness (QED) is 0.462. The average molecular weight is 340 g/mol. The molecule has 2 heterocycles. The number of fused-ring (bicyclic) bond motifs is 3. The zero-order valence-corrected chi connectivity index (χ0v) is 12.6. The topological polar surface area (TPSA) is 102 Å². The number of hydrogen-bond donors (Lipinski definition) is 2. The molecule has 0 saturated carbocycles. The van der Waals surface area contributed by atoms with E-state index in [0.29, 0.717) is 11.4 Å². The van der Waals surface area contributed by atoms with Crippen LogP contribution in [0.4, 0.5) is 9.18 Å². The van der Waals surface area contributed by atoms with Crippen LogP contribution in [0.3, 0.4) is 0 Å². The molecule has 0 fully saturated rings. The molecule has 2 amide bonds. The van der Waals surface area contributed by atoms with E-state index >= 15 is 0 Å². The van der Waals surface area contributed by atoms with Gasteiger partial charge in [-0.1, -0.05) is 11.6 Å². The van der Waals surface area contributed by atoms with Crippen molar-refractivity contribution in [3.05, 3.63) is 40.6 Å². The van der Waals surface area contributed by atoms with Gasteiger partial charge in [-0.15, -0.1) is 0 Å². The van der Waals surface area contributed by atoms with Gasteiger partial charge in [0.25, 0.3) is 5.91 Å². The van der Waals surface area contributed by atoms with Gasteiger partial charge >= 0.3 is 6.09 Å². The number of ether oxygens (including phenoxy) is 1. The van der Waals surface area contributed by atoms with Crippen LogP contribution in [-0.2, 0) is 6.54 Å². The van der Waals surface area contributed by atoms with Crippen LogP contribution >= 0.6 is 11.6 Å². The van der Waals surface area contributed by atoms with Crippen molar-refractivity contribution in [1.29, 1.82) is 0 Å². The number of nitrogens with two attached hydrogens (primary N) is 1. The van der Waals surface area contributed by atoms with Crippen molar-refractivity contribution in [2.45, 2.75) is 6.54 Å². The molecule has 0 aliphatic carbocycles. The maximum absolute atomic E-state index is 13.7. The molecule has 0 bridgehead atoms. The van der Waals surface area contributed by atoms with E-state index < -0.39 is 17.8 Å². The van der Waals surface area contributed by atoms with Crippen LogP contribution in [0.1, 0.15) is 16.1 Å². The third kappa shape index (κ3) is 2.39. The lowest BCUT2D eigenvalue weighted by Crippen LogP contribution is -2.33. The van der Waals surface area contributed by atoms with Crippen molar-refractivity contribution in [2.75, 3.05) is 7.05 Å². The summed E-state index contributed by atoms with van der Waals surface area (Å²) < 4.78 is 20.2. The maximum atomic E-state index is 13.7. The van der Waals surface area contributed by atoms with Crippen molar-refractivity contribution in [1.82, 2.24) is 19.9 Å². The van der Waals surface area contributed by atoms with Crippen LogP contribution in [0.25, 0.3) is 5.69 Å². The lowest BCUT2D eigenvalue weighted by Gasteiger charge is -2.15. The highest BCUT2D eigenvalue weighted by molar-refractivity contribution is 6.34. The van der Waals surface area contributed by atoms with Crippen molar-refractivity contribution >= 4 is 23.6 Å². The van der Waals surface area contributed by atoms with Gasteiger partial charge in [-0.05, 0) is 12.1 Å². The van der Waals surface area contributed by atoms with Gasteiger partial charge in [0.1, 0.15) is 17.8 Å². The number of carbonyl (C=O) groups excluding carboxylic acids is 2. The molecule has 0 spiro atoms. The molecular weight excluding hydrogens is 329 g/mol. The Kier molecular flexibility index (Phi) is 3.66. The zero-order valence-electron chi connectivity index (χ0n) is 11.8. The van der Waals surface area contributed by atoms with Crippen LogP contribution in [0.5, 0.6) is 5.88 Å². The summed E-state index contributed by atoms with van der Waals surface area (Å²) in [5, 5.41) is -0.275. The normalized spacial score (nSPS) is 13.2. The zero-order chi connectivity index (χ0) is 16.7. The van der Waals surface area contributed by atoms with E-state index in [4.69, 9.17) is 22.2 Å². The second kappa shape index (κ2) is 5.52. The number of rotatable bonds is 1. The second-order valence-corrected chi connectivity index (χ2v) is 5.19. The van der Waals surface area contributed by atoms with Gasteiger partial charge in [0.05, 0.1) is 22.8 Å². The molecule has 1 aliphatic rings. The first-order valence-corrected chi connectivity index (χ1v) is 6.80. The number of nitrogens with zero attached hydrogens (tertiary/aromatic N) is 3. The largest absolute Gasteiger partial charge is 0.428 e. The van der Waals surface area contributed by atoms with Crippen molar-refractivity contribution in [2.24, 2.45) is 5.84 Å². The van der Waals surface area contributed by atoms with E-state index in [0.717, 1.165) is 6.07 Å². The summed E-state index contributed by atoms with van der Waals surface area (Å²) in [5.74, 6) is 3.81. The van der Waals surface area contributed by atoms with Crippen LogP contribution in [-0.4, -0.2) is 33.5 Å². The first kappa shape index (κ1) is 15.3. The van der Waals surface area contributed by atoms with E-state index in [1.54, 1.807) is 0 Å². The summed E-state index contributed by atoms with van der Waals surface area (Å²) in [7, 11) is 1.52. The fraction of sp³-hybridized carbons (Fsp3) is 0.154. The van der Waals surface area contributed by atoms with Crippen LogP contribution in [0.15, 0.2) is 18.5 Å². The van der Waals surface area contributed by atoms with Crippen molar-refractivity contribution in [3.63, 3.8) is 0 Å². The van der Waals surface area contributed by atoms with Crippen molar-refractivity contribution in [3.8, 4) is 11.6 Å². The number of hydrazine groups is 1. The van der Waals surface area contributed by atoms with Gasteiger partial charge in [-0.25, -0.2) is 20.0 Å². The smallest absolute Gasteiger partial charge is 0.388 e. The van der Waals surface area contributed by atoms with Crippen molar-refractivity contribution < 1.29 is 18.7 Å². The van der Waals surface area contributed by atoms with Gasteiger partial charge in [0.15, 0.2) is 0 Å². The number of halogens is 2. The number of imidazole rings is 1. The van der Waals surface area contributed by atoms with Crippen LogP contribution < -0.4 is 16.0 Å². The summed E-state index contributed by atoms with van der Waals surface area (Å²) in [6.45, 7) is 0.0820. The lowest BCUT2D eigenvalue weighted by atomic mass is 10.1. The van der Waals surface area contributed by atoms with Gasteiger partial charge < -0.3 is 9.64 Å². The van der Waals surface area contributed by atoms with E-state index in [2.05, 4.69) is 4.98 Å². The standard InChI is InChI=1S/C13H11ClFN5O3/c1-19-4-8-11(23-13(22)18-16)17-5-20(8)7-3-2-6(15)10(14)9(7)12(19)21/h2-3,5H,4,16H2,1H3,(H,18,22). The molecule has 0 atom stereocenters. The maximum Gasteiger partial charge on any atom is 0.428 e. The first-order valence-electron chi connectivity index (χ1n) is 6.42. The summed E-state index contributed by atoms with van der Waals surface area (Å²) in [6.07, 6.45) is 0.454. The van der Waals surface area contributed by atoms with Gasteiger partial charge in [0, 0.05) is 7.05 Å². The van der Waals surface area contributed by atoms with Gasteiger partial charge in [-0.2, -0.15) is 0 Å². The predicted molar refractivity (Wildman–Crippen MR) is 77.7 cm³/mol. The van der Waals surface area contributed by atoms with Gasteiger partial charge in [-0.3, -0.25) is 14.8 Å². The second-order valence-electron chi connectivity index (χ2n) is 4.82. The molecule has 0 radical (unpaired) electrons. The number of benzene rings is 1. The molecule has 10 heteroatoms. The Hall–Kier alpha value is -2.65. The van der Waals surface area contributed by atoms with Gasteiger partial charge in [0.2, 0.25) is 5.88 Å². The highest BCUT2D eigenvalue weighted by Crippen LogP contribution is 2.33. The Morgan fingerprint density at radius 3 is 2.96 bits per heavy atom. The summed E-state index contributed by atoms with van der Waals surface area (Å²) >= 11 is 5.96. The SMILES string of the molecule is CN1Cc2c(OC(=O)NN)ncn2-c2ccc(F)c(Cl)c2C1=O. The summed E-state index contributed by atoms with van der Waals surface area (Å²) in [6, 6.07) is 2.56. The number of nitrogens with one attached hydrogen (secondary N) is 1. The number of hydrogen-bond acceptors (Lipinski definition) is 5. The summed E-state index contributed by atoms with van der Waals surface area (Å²) in [5.41, 5.74) is 2.60. The highest BCUT2D eigenvalue weighted by Gasteiger charge is 2.30. The number of aromatic nitrogens is 2. The molecule has 120 valence electrons. The highest BCUT2D eigenvalue weighted by atomic mass is 35.5. The molecular formula is C13H11ClFN5O3. The molecule has 3 rings (SSSR count).